The molecule has 0 spiro atoms. The van der Waals surface area contributed by atoms with Gasteiger partial charge < -0.3 is 25.3 Å². The predicted molar refractivity (Wildman–Crippen MR) is 116 cm³/mol. The van der Waals surface area contributed by atoms with E-state index in [4.69, 9.17) is 22.7 Å². The van der Waals surface area contributed by atoms with Crippen molar-refractivity contribution >= 4 is 41.0 Å². The number of carbonyl (C=O) groups is 1. The lowest BCUT2D eigenvalue weighted by Crippen LogP contribution is -2.25. The molecule has 0 fully saturated rings. The number of nitrogen functional groups attached to an aromatic ring is 1. The van der Waals surface area contributed by atoms with Gasteiger partial charge in [0, 0.05) is 6.54 Å². The molecule has 2 aromatic rings. The van der Waals surface area contributed by atoms with Gasteiger partial charge in [-0.05, 0) is 57.3 Å². The highest BCUT2D eigenvalue weighted by Crippen LogP contribution is 2.27. The fourth-order valence-corrected chi connectivity index (χ4v) is 4.09. The maximum absolute atomic E-state index is 12.7. The average Bonchev–Trinajstić information content (AvgIpc) is 2.95. The molecule has 1 aromatic carbocycles. The van der Waals surface area contributed by atoms with Crippen LogP contribution in [0.2, 0.25) is 0 Å². The first kappa shape index (κ1) is 21.4. The van der Waals surface area contributed by atoms with E-state index >= 15 is 0 Å². The van der Waals surface area contributed by atoms with E-state index in [1.54, 1.807) is 6.07 Å². The van der Waals surface area contributed by atoms with Gasteiger partial charge in [-0.25, -0.2) is 0 Å². The van der Waals surface area contributed by atoms with Crippen molar-refractivity contribution in [2.24, 2.45) is 0 Å². The summed E-state index contributed by atoms with van der Waals surface area (Å²) in [6.07, 6.45) is 0.936. The minimum Gasteiger partial charge on any atom is -0.492 e. The number of anilines is 2. The molecule has 0 saturated heterocycles. The molecule has 0 aliphatic carbocycles. The van der Waals surface area contributed by atoms with Crippen LogP contribution in [0.15, 0.2) is 24.3 Å². The lowest BCUT2D eigenvalue weighted by Gasteiger charge is -2.18. The number of carbonyl (C=O) groups excluding carboxylic acids is 1. The summed E-state index contributed by atoms with van der Waals surface area (Å²) in [6.45, 7) is 10.5. The largest absolute Gasteiger partial charge is 0.492 e. The SMILES string of the molecule is CCOc1ccccc1NC(=O)c1sc(=S)n(CCCN(CC)CC)c1N. The molecular formula is C19H28N4O2S2. The number of nitrogens with zero attached hydrogens (tertiary/aromatic N) is 2. The van der Waals surface area contributed by atoms with E-state index in [1.807, 2.05) is 29.7 Å². The smallest absolute Gasteiger partial charge is 0.269 e. The molecule has 6 nitrogen and oxygen atoms in total. The molecule has 0 aliphatic rings. The van der Waals surface area contributed by atoms with Crippen molar-refractivity contribution in [2.75, 3.05) is 37.3 Å². The van der Waals surface area contributed by atoms with E-state index in [2.05, 4.69) is 24.1 Å². The van der Waals surface area contributed by atoms with E-state index in [9.17, 15) is 4.79 Å². The molecular weight excluding hydrogens is 380 g/mol. The first-order valence-electron chi connectivity index (χ1n) is 9.26. The minimum absolute atomic E-state index is 0.266. The molecule has 0 bridgehead atoms. The Bertz CT molecular complexity index is 812. The standard InChI is InChI=1S/C19H28N4O2S2/c1-4-22(5-2)12-9-13-23-17(20)16(27-19(23)26)18(24)21-14-10-7-8-11-15(14)25-6-3/h7-8,10-11H,4-6,9,12-13,20H2,1-3H3,(H,21,24). The lowest BCUT2D eigenvalue weighted by atomic mass is 10.3. The van der Waals surface area contributed by atoms with Crippen LogP contribution in [0.25, 0.3) is 0 Å². The molecule has 2 rings (SSSR count). The zero-order valence-corrected chi connectivity index (χ0v) is 17.8. The number of nitrogens with one attached hydrogen (secondary N) is 1. The molecule has 1 amide bonds. The second-order valence-electron chi connectivity index (χ2n) is 6.00. The summed E-state index contributed by atoms with van der Waals surface area (Å²) in [4.78, 5) is 15.5. The Balaban J connectivity index is 2.11. The molecule has 0 unspecified atom stereocenters. The molecule has 27 heavy (non-hydrogen) atoms. The van der Waals surface area contributed by atoms with Crippen LogP contribution in [0, 0.1) is 3.95 Å². The van der Waals surface area contributed by atoms with Gasteiger partial charge in [-0.3, -0.25) is 4.79 Å². The minimum atomic E-state index is -0.266. The third-order valence-corrected chi connectivity index (χ3v) is 5.79. The zero-order chi connectivity index (χ0) is 19.8. The number of rotatable bonds is 10. The van der Waals surface area contributed by atoms with Gasteiger partial charge in [0.2, 0.25) is 0 Å². The highest BCUT2D eigenvalue weighted by Gasteiger charge is 2.18. The van der Waals surface area contributed by atoms with Gasteiger partial charge >= 0.3 is 0 Å². The first-order chi connectivity index (χ1) is 13.0. The van der Waals surface area contributed by atoms with Gasteiger partial charge in [-0.2, -0.15) is 0 Å². The van der Waals surface area contributed by atoms with Crippen LogP contribution in [-0.4, -0.2) is 41.6 Å². The van der Waals surface area contributed by atoms with E-state index in [0.717, 1.165) is 26.1 Å². The second-order valence-corrected chi connectivity index (χ2v) is 7.64. The van der Waals surface area contributed by atoms with Crippen molar-refractivity contribution in [3.63, 3.8) is 0 Å². The van der Waals surface area contributed by atoms with E-state index < -0.39 is 0 Å². The van der Waals surface area contributed by atoms with Crippen molar-refractivity contribution < 1.29 is 9.53 Å². The molecule has 1 aromatic heterocycles. The Labute approximate surface area is 169 Å². The summed E-state index contributed by atoms with van der Waals surface area (Å²) in [5.74, 6) is 0.795. The molecule has 0 aliphatic heterocycles. The van der Waals surface area contributed by atoms with Crippen molar-refractivity contribution in [2.45, 2.75) is 33.7 Å². The highest BCUT2D eigenvalue weighted by molar-refractivity contribution is 7.73. The number of aromatic nitrogens is 1. The van der Waals surface area contributed by atoms with Crippen LogP contribution in [0.4, 0.5) is 11.5 Å². The maximum Gasteiger partial charge on any atom is 0.269 e. The normalized spacial score (nSPS) is 11.0. The number of nitrogens with two attached hydrogens (primary N) is 1. The quantitative estimate of drug-likeness (QED) is 0.575. The van der Waals surface area contributed by atoms with Crippen LogP contribution in [-0.2, 0) is 6.54 Å². The number of ether oxygens (including phenoxy) is 1. The Hall–Kier alpha value is -1.90. The number of amides is 1. The fraction of sp³-hybridized carbons (Fsp3) is 0.474. The summed E-state index contributed by atoms with van der Waals surface area (Å²) >= 11 is 6.67. The summed E-state index contributed by atoms with van der Waals surface area (Å²) in [5.41, 5.74) is 6.86. The average molecular weight is 409 g/mol. The highest BCUT2D eigenvalue weighted by atomic mass is 32.1. The van der Waals surface area contributed by atoms with Crippen LogP contribution in [0.3, 0.4) is 0 Å². The zero-order valence-electron chi connectivity index (χ0n) is 16.2. The van der Waals surface area contributed by atoms with Crippen LogP contribution >= 0.6 is 23.6 Å². The van der Waals surface area contributed by atoms with Gasteiger partial charge in [0.1, 0.15) is 16.4 Å². The summed E-state index contributed by atoms with van der Waals surface area (Å²) in [5, 5.41) is 2.88. The number of benzene rings is 1. The van der Waals surface area contributed by atoms with Gasteiger partial charge in [-0.1, -0.05) is 37.3 Å². The molecule has 148 valence electrons. The topological polar surface area (TPSA) is 72.5 Å². The summed E-state index contributed by atoms with van der Waals surface area (Å²) in [6, 6.07) is 7.34. The van der Waals surface area contributed by atoms with Gasteiger partial charge in [0.25, 0.3) is 5.91 Å². The molecule has 8 heteroatoms. The van der Waals surface area contributed by atoms with Gasteiger partial charge in [0.15, 0.2) is 3.95 Å². The maximum atomic E-state index is 12.7. The Kier molecular flexibility index (Phi) is 8.27. The second kappa shape index (κ2) is 10.4. The van der Waals surface area contributed by atoms with Crippen molar-refractivity contribution in [3.05, 3.63) is 33.1 Å². The number of hydrogen-bond donors (Lipinski definition) is 2. The Morgan fingerprint density at radius 3 is 2.67 bits per heavy atom. The lowest BCUT2D eigenvalue weighted by molar-refractivity contribution is 0.103. The predicted octanol–water partition coefficient (Wildman–Crippen LogP) is 4.24. The van der Waals surface area contributed by atoms with E-state index in [0.29, 0.717) is 39.2 Å². The number of hydrogen-bond acceptors (Lipinski definition) is 6. The first-order valence-corrected chi connectivity index (χ1v) is 10.5. The van der Waals surface area contributed by atoms with Crippen molar-refractivity contribution in [3.8, 4) is 5.75 Å². The van der Waals surface area contributed by atoms with Gasteiger partial charge in [-0.15, -0.1) is 0 Å². The fourth-order valence-electron chi connectivity index (χ4n) is 2.81. The molecule has 0 saturated carbocycles. The van der Waals surface area contributed by atoms with E-state index in [1.165, 1.54) is 11.3 Å². The van der Waals surface area contributed by atoms with Gasteiger partial charge in [0.05, 0.1) is 12.3 Å². The Morgan fingerprint density at radius 2 is 2.00 bits per heavy atom. The third kappa shape index (κ3) is 5.54. The summed E-state index contributed by atoms with van der Waals surface area (Å²) in [7, 11) is 0. The number of para-hydroxylation sites is 2. The Morgan fingerprint density at radius 1 is 1.30 bits per heavy atom. The molecule has 3 N–H and O–H groups in total. The molecule has 0 atom stereocenters. The van der Waals surface area contributed by atoms with Crippen molar-refractivity contribution in [1.29, 1.82) is 0 Å². The number of thiazole rings is 1. The van der Waals surface area contributed by atoms with E-state index in [-0.39, 0.29) is 5.91 Å². The molecule has 1 heterocycles. The third-order valence-electron chi connectivity index (χ3n) is 4.33. The van der Waals surface area contributed by atoms with Crippen LogP contribution < -0.4 is 15.8 Å². The van der Waals surface area contributed by atoms with Crippen molar-refractivity contribution in [1.82, 2.24) is 9.47 Å². The molecule has 0 radical (unpaired) electrons. The summed E-state index contributed by atoms with van der Waals surface area (Å²) < 4.78 is 8.03. The van der Waals surface area contributed by atoms with Crippen LogP contribution in [0.1, 0.15) is 36.9 Å². The monoisotopic (exact) mass is 408 g/mol. The van der Waals surface area contributed by atoms with Crippen LogP contribution in [0.5, 0.6) is 5.75 Å².